The van der Waals surface area contributed by atoms with Crippen molar-refractivity contribution in [3.05, 3.63) is 97.1 Å². The van der Waals surface area contributed by atoms with Gasteiger partial charge in [-0.2, -0.15) is 0 Å². The zero-order valence-electron chi connectivity index (χ0n) is 18.1. The first-order valence-corrected chi connectivity index (χ1v) is 13.9. The van der Waals surface area contributed by atoms with Gasteiger partial charge >= 0.3 is 188 Å². The van der Waals surface area contributed by atoms with Gasteiger partial charge in [-0.15, -0.1) is 0 Å². The average molecular weight is 433 g/mol. The molecular formula is C29H24NOP. The van der Waals surface area contributed by atoms with Crippen LogP contribution in [0, 0.1) is 0 Å². The zero-order chi connectivity index (χ0) is 21.9. The molecule has 2 nitrogen and oxygen atoms in total. The third-order valence-electron chi connectivity index (χ3n) is 6.41. The van der Waals surface area contributed by atoms with Crippen molar-refractivity contribution >= 4 is 56.1 Å². The van der Waals surface area contributed by atoms with E-state index < -0.39 is 7.49 Å². The van der Waals surface area contributed by atoms with Crippen LogP contribution in [0.15, 0.2) is 97.1 Å². The molecule has 0 unspecified atom stereocenters. The van der Waals surface area contributed by atoms with Crippen molar-refractivity contribution in [1.29, 1.82) is 0 Å². The van der Waals surface area contributed by atoms with Crippen LogP contribution in [0.3, 0.4) is 0 Å². The Kier molecular flexibility index (Phi) is 4.30. The molecule has 0 bridgehead atoms. The summed E-state index contributed by atoms with van der Waals surface area (Å²) in [6.45, 7) is 3.92. The molecule has 1 heterocycles. The molecular weight excluding hydrogens is 409 g/mol. The Balaban J connectivity index is 1.76. The Morgan fingerprint density at radius 3 is 2.19 bits per heavy atom. The summed E-state index contributed by atoms with van der Waals surface area (Å²) in [7, 11) is -2.43. The number of rotatable bonds is 2. The summed E-state index contributed by atoms with van der Waals surface area (Å²) in [6, 6.07) is 34.3. The Hall–Kier alpha value is -3.32. The molecule has 0 saturated heterocycles. The van der Waals surface area contributed by atoms with Gasteiger partial charge in [-0.3, -0.25) is 0 Å². The summed E-state index contributed by atoms with van der Waals surface area (Å²) >= 11 is 0. The Morgan fingerprint density at radius 2 is 1.34 bits per heavy atom. The second-order valence-electron chi connectivity index (χ2n) is 9.02. The maximum atomic E-state index is 10.7. The average Bonchev–Trinajstić information content (AvgIpc) is 2.81. The third-order valence-corrected chi connectivity index (χ3v) is 8.14. The summed E-state index contributed by atoms with van der Waals surface area (Å²) in [5.41, 5.74) is 4.38. The molecule has 3 heteroatoms. The minimum absolute atomic E-state index is 0.988. The Bertz CT molecular complexity index is 1660. The number of para-hydroxylation sites is 1. The van der Waals surface area contributed by atoms with Crippen molar-refractivity contribution in [3.63, 3.8) is 0 Å². The molecule has 0 fully saturated rings. The Labute approximate surface area is 187 Å². The fraction of sp³-hybridized carbons (Fsp3) is 0.0690. The first-order valence-electron chi connectivity index (χ1n) is 11.0. The van der Waals surface area contributed by atoms with Gasteiger partial charge in [0.25, 0.3) is 0 Å². The molecule has 1 N–H and O–H groups in total. The number of nitrogens with zero attached hydrogens (tertiary/aromatic N) is 1. The van der Waals surface area contributed by atoms with Crippen molar-refractivity contribution in [2.24, 2.45) is 0 Å². The molecule has 1 aromatic heterocycles. The van der Waals surface area contributed by atoms with Crippen LogP contribution in [-0.4, -0.2) is 23.2 Å². The molecule has 0 atom stereocenters. The molecule has 6 rings (SSSR count). The monoisotopic (exact) mass is 433 g/mol. The van der Waals surface area contributed by atoms with E-state index in [1.807, 2.05) is 19.4 Å². The normalized spacial score (nSPS) is 12.7. The predicted octanol–water partition coefficient (Wildman–Crippen LogP) is 6.90. The number of hydrogen-bond donors (Lipinski definition) is 1. The van der Waals surface area contributed by atoms with E-state index in [2.05, 4.69) is 91.0 Å². The molecule has 0 spiro atoms. The van der Waals surface area contributed by atoms with Gasteiger partial charge in [0.2, 0.25) is 0 Å². The number of benzene rings is 5. The maximum absolute atomic E-state index is 10.7. The molecule has 0 amide bonds. The fourth-order valence-electron chi connectivity index (χ4n) is 4.71. The summed E-state index contributed by atoms with van der Waals surface area (Å²) in [6.07, 6.45) is 0. The van der Waals surface area contributed by atoms with E-state index in [1.165, 1.54) is 21.9 Å². The minimum atomic E-state index is -2.43. The van der Waals surface area contributed by atoms with Crippen LogP contribution < -0.4 is 5.30 Å². The SMILES string of the molecule is C[PH](C)(O)c1ccc2ccc3c(-c4ccc5ccccc5c4)c4ccccc4nc3c2c1. The predicted molar refractivity (Wildman–Crippen MR) is 142 cm³/mol. The molecule has 5 aromatic carbocycles. The number of pyridine rings is 1. The van der Waals surface area contributed by atoms with Crippen LogP contribution in [0.25, 0.3) is 54.5 Å². The number of hydrogen-bond acceptors (Lipinski definition) is 2. The van der Waals surface area contributed by atoms with Crippen LogP contribution in [0.5, 0.6) is 0 Å². The van der Waals surface area contributed by atoms with Crippen LogP contribution in [0.4, 0.5) is 0 Å². The van der Waals surface area contributed by atoms with Crippen molar-refractivity contribution in [3.8, 4) is 11.1 Å². The Morgan fingerprint density at radius 1 is 0.625 bits per heavy atom. The van der Waals surface area contributed by atoms with Gasteiger partial charge in [0.15, 0.2) is 0 Å². The first kappa shape index (κ1) is 19.4. The van der Waals surface area contributed by atoms with E-state index in [0.717, 1.165) is 37.9 Å². The van der Waals surface area contributed by atoms with Crippen molar-refractivity contribution < 1.29 is 4.89 Å². The van der Waals surface area contributed by atoms with E-state index >= 15 is 0 Å². The standard InChI is InChI=1S/C29H24NOP/c1-32(2,31)23-15-13-20-14-16-25-28(22-12-11-19-7-3-4-8-21(19)17-22)24-9-5-6-10-27(24)30-29(25)26(20)18-23/h3-18,31-32H,1-2H3. The second-order valence-corrected chi connectivity index (χ2v) is 12.7. The molecule has 0 radical (unpaired) electrons. The van der Waals surface area contributed by atoms with E-state index in [4.69, 9.17) is 4.98 Å². The summed E-state index contributed by atoms with van der Waals surface area (Å²) in [5.74, 6) is 0. The number of fused-ring (bicyclic) bond motifs is 5. The molecule has 6 aromatic rings. The van der Waals surface area contributed by atoms with E-state index in [9.17, 15) is 4.89 Å². The third kappa shape index (κ3) is 3.07. The van der Waals surface area contributed by atoms with Crippen LogP contribution in [0.2, 0.25) is 0 Å². The molecule has 0 saturated carbocycles. The quantitative estimate of drug-likeness (QED) is 0.183. The van der Waals surface area contributed by atoms with Gasteiger partial charge in [0.05, 0.1) is 0 Å². The molecule has 0 aliphatic rings. The zero-order valence-corrected chi connectivity index (χ0v) is 19.1. The van der Waals surface area contributed by atoms with Crippen LogP contribution in [-0.2, 0) is 0 Å². The van der Waals surface area contributed by atoms with E-state index in [1.54, 1.807) is 0 Å². The molecule has 0 aliphatic heterocycles. The van der Waals surface area contributed by atoms with Crippen LogP contribution >= 0.6 is 7.49 Å². The van der Waals surface area contributed by atoms with Gasteiger partial charge in [-0.25, -0.2) is 0 Å². The van der Waals surface area contributed by atoms with E-state index in [0.29, 0.717) is 0 Å². The van der Waals surface area contributed by atoms with Crippen molar-refractivity contribution in [1.82, 2.24) is 4.98 Å². The fourth-order valence-corrected chi connectivity index (χ4v) is 5.70. The van der Waals surface area contributed by atoms with Crippen molar-refractivity contribution in [2.45, 2.75) is 0 Å². The van der Waals surface area contributed by atoms with Crippen LogP contribution in [0.1, 0.15) is 0 Å². The van der Waals surface area contributed by atoms with Gasteiger partial charge < -0.3 is 0 Å². The first-order chi connectivity index (χ1) is 15.5. The molecule has 156 valence electrons. The molecule has 32 heavy (non-hydrogen) atoms. The van der Waals surface area contributed by atoms with E-state index in [-0.39, 0.29) is 0 Å². The van der Waals surface area contributed by atoms with Gasteiger partial charge in [-0.05, 0) is 0 Å². The second kappa shape index (κ2) is 7.10. The van der Waals surface area contributed by atoms with Crippen molar-refractivity contribution in [2.75, 3.05) is 13.3 Å². The van der Waals surface area contributed by atoms with Gasteiger partial charge in [-0.1, -0.05) is 0 Å². The summed E-state index contributed by atoms with van der Waals surface area (Å²) in [4.78, 5) is 15.9. The summed E-state index contributed by atoms with van der Waals surface area (Å²) < 4.78 is 0. The topological polar surface area (TPSA) is 33.1 Å². The molecule has 0 aliphatic carbocycles. The summed E-state index contributed by atoms with van der Waals surface area (Å²) in [5, 5.41) is 8.04. The van der Waals surface area contributed by atoms with Gasteiger partial charge in [0, 0.05) is 0 Å². The van der Waals surface area contributed by atoms with Gasteiger partial charge in [0.1, 0.15) is 0 Å². The number of aromatic nitrogens is 1.